The van der Waals surface area contributed by atoms with Gasteiger partial charge in [0.05, 0.1) is 6.54 Å². The number of likely N-dealkylation sites (N-methyl/N-ethyl adjacent to an activating group) is 1. The van der Waals surface area contributed by atoms with Gasteiger partial charge in [0.1, 0.15) is 0 Å². The molecule has 1 aromatic carbocycles. The van der Waals surface area contributed by atoms with Crippen molar-refractivity contribution in [2.75, 3.05) is 45.1 Å². The number of piperazine rings is 1. The van der Waals surface area contributed by atoms with Crippen molar-refractivity contribution in [3.63, 3.8) is 0 Å². The summed E-state index contributed by atoms with van der Waals surface area (Å²) in [5.41, 5.74) is 2.33. The predicted octanol–water partition coefficient (Wildman–Crippen LogP) is 1.38. The Bertz CT molecular complexity index is 534. The van der Waals surface area contributed by atoms with Crippen LogP contribution in [0.5, 0.6) is 0 Å². The first-order valence-corrected chi connectivity index (χ1v) is 7.28. The van der Waals surface area contributed by atoms with E-state index in [4.69, 9.17) is 0 Å². The third-order valence-corrected chi connectivity index (χ3v) is 3.83. The van der Waals surface area contributed by atoms with Crippen LogP contribution in [0.1, 0.15) is 22.8 Å². The van der Waals surface area contributed by atoms with Crippen LogP contribution in [0.15, 0.2) is 18.2 Å². The predicted molar refractivity (Wildman–Crippen MR) is 83.8 cm³/mol. The number of carbonyl (C=O) groups is 2. The molecule has 0 aliphatic carbocycles. The van der Waals surface area contributed by atoms with Crippen LogP contribution in [0.3, 0.4) is 0 Å². The van der Waals surface area contributed by atoms with E-state index >= 15 is 0 Å². The van der Waals surface area contributed by atoms with Crippen LogP contribution in [0.2, 0.25) is 0 Å². The molecule has 0 radical (unpaired) electrons. The smallest absolute Gasteiger partial charge is 0.221 e. The topological polar surface area (TPSA) is 52.7 Å². The Morgan fingerprint density at radius 1 is 1.19 bits per heavy atom. The van der Waals surface area contributed by atoms with Gasteiger partial charge in [-0.15, -0.1) is 0 Å². The average Bonchev–Trinajstić information content (AvgIpc) is 2.43. The number of amides is 1. The van der Waals surface area contributed by atoms with E-state index in [0.29, 0.717) is 17.8 Å². The summed E-state index contributed by atoms with van der Waals surface area (Å²) in [6.45, 7) is 7.67. The molecule has 1 saturated heterocycles. The fourth-order valence-electron chi connectivity index (χ4n) is 2.42. The van der Waals surface area contributed by atoms with E-state index in [0.717, 1.165) is 31.7 Å². The fourth-order valence-corrected chi connectivity index (χ4v) is 2.42. The summed E-state index contributed by atoms with van der Waals surface area (Å²) in [5, 5.41) is 2.77. The highest BCUT2D eigenvalue weighted by Crippen LogP contribution is 2.17. The molecule has 5 heteroatoms. The Morgan fingerprint density at radius 2 is 1.86 bits per heavy atom. The van der Waals surface area contributed by atoms with E-state index in [-0.39, 0.29) is 11.7 Å². The second kappa shape index (κ2) is 6.83. The molecule has 21 heavy (non-hydrogen) atoms. The lowest BCUT2D eigenvalue weighted by atomic mass is 10.1. The average molecular weight is 289 g/mol. The number of rotatable bonds is 4. The van der Waals surface area contributed by atoms with Crippen LogP contribution < -0.4 is 5.32 Å². The summed E-state index contributed by atoms with van der Waals surface area (Å²) < 4.78 is 0. The van der Waals surface area contributed by atoms with E-state index in [1.807, 2.05) is 19.1 Å². The number of benzene rings is 1. The number of Topliss-reactive ketones (excluding diaryl/α,β-unsaturated/α-hetero) is 1. The Morgan fingerprint density at radius 3 is 2.48 bits per heavy atom. The van der Waals surface area contributed by atoms with Crippen molar-refractivity contribution in [1.29, 1.82) is 0 Å². The number of nitrogens with zero attached hydrogens (tertiary/aromatic N) is 2. The van der Waals surface area contributed by atoms with Gasteiger partial charge < -0.3 is 10.2 Å². The fraction of sp³-hybridized carbons (Fsp3) is 0.500. The number of carbonyl (C=O) groups excluding carboxylic acids is 2. The molecule has 1 aliphatic heterocycles. The molecule has 1 aliphatic rings. The second-order valence-corrected chi connectivity index (χ2v) is 5.71. The largest absolute Gasteiger partial charge is 0.326 e. The molecular weight excluding hydrogens is 266 g/mol. The zero-order chi connectivity index (χ0) is 15.4. The van der Waals surface area contributed by atoms with Gasteiger partial charge >= 0.3 is 0 Å². The molecule has 0 spiro atoms. The highest BCUT2D eigenvalue weighted by molar-refractivity contribution is 5.99. The van der Waals surface area contributed by atoms with Crippen LogP contribution in [-0.4, -0.2) is 61.3 Å². The summed E-state index contributed by atoms with van der Waals surface area (Å²) in [4.78, 5) is 28.0. The minimum absolute atomic E-state index is 0.103. The van der Waals surface area contributed by atoms with Gasteiger partial charge in [-0.3, -0.25) is 14.5 Å². The normalized spacial score (nSPS) is 16.7. The third-order valence-electron chi connectivity index (χ3n) is 3.83. The molecule has 0 unspecified atom stereocenters. The van der Waals surface area contributed by atoms with Crippen molar-refractivity contribution < 1.29 is 9.59 Å². The molecule has 0 atom stereocenters. The summed E-state index contributed by atoms with van der Waals surface area (Å²) in [6.07, 6.45) is 0. The Hall–Kier alpha value is -1.72. The lowest BCUT2D eigenvalue weighted by Crippen LogP contribution is -2.46. The highest BCUT2D eigenvalue weighted by atomic mass is 16.1. The van der Waals surface area contributed by atoms with E-state index in [1.165, 1.54) is 6.92 Å². The van der Waals surface area contributed by atoms with Crippen LogP contribution in [-0.2, 0) is 4.79 Å². The van der Waals surface area contributed by atoms with Gasteiger partial charge in [-0.2, -0.15) is 0 Å². The lowest BCUT2D eigenvalue weighted by molar-refractivity contribution is -0.114. The number of ketones is 1. The number of nitrogens with one attached hydrogen (secondary N) is 1. The maximum absolute atomic E-state index is 12.4. The number of aryl methyl sites for hydroxylation is 1. The molecule has 5 nitrogen and oxygen atoms in total. The van der Waals surface area contributed by atoms with Crippen molar-refractivity contribution >= 4 is 17.4 Å². The van der Waals surface area contributed by atoms with Crippen LogP contribution in [0.25, 0.3) is 0 Å². The Kier molecular flexibility index (Phi) is 5.09. The zero-order valence-electron chi connectivity index (χ0n) is 13.0. The highest BCUT2D eigenvalue weighted by Gasteiger charge is 2.18. The third kappa shape index (κ3) is 4.37. The van der Waals surface area contributed by atoms with E-state index < -0.39 is 0 Å². The van der Waals surface area contributed by atoms with Gasteiger partial charge in [-0.05, 0) is 25.6 Å². The monoisotopic (exact) mass is 289 g/mol. The van der Waals surface area contributed by atoms with Gasteiger partial charge in [0.2, 0.25) is 5.91 Å². The molecule has 1 heterocycles. The molecule has 1 aromatic rings. The minimum Gasteiger partial charge on any atom is -0.326 e. The molecule has 2 rings (SSSR count). The zero-order valence-corrected chi connectivity index (χ0v) is 13.0. The van der Waals surface area contributed by atoms with Crippen LogP contribution in [0, 0.1) is 6.92 Å². The van der Waals surface area contributed by atoms with Crippen molar-refractivity contribution in [2.45, 2.75) is 13.8 Å². The summed E-state index contributed by atoms with van der Waals surface area (Å²) in [7, 11) is 2.10. The molecule has 114 valence electrons. The Balaban J connectivity index is 2.03. The Labute approximate surface area is 125 Å². The maximum Gasteiger partial charge on any atom is 0.221 e. The van der Waals surface area contributed by atoms with Crippen LogP contribution in [0.4, 0.5) is 5.69 Å². The van der Waals surface area contributed by atoms with E-state index in [2.05, 4.69) is 22.2 Å². The quantitative estimate of drug-likeness (QED) is 0.851. The standard InChI is InChI=1S/C16H23N3O2/c1-12-4-5-14(10-15(12)17-13(2)20)16(21)11-19-8-6-18(3)7-9-19/h4-5,10H,6-9,11H2,1-3H3,(H,17,20). The molecule has 0 bridgehead atoms. The number of anilines is 1. The van der Waals surface area contributed by atoms with Gasteiger partial charge in [-0.25, -0.2) is 0 Å². The van der Waals surface area contributed by atoms with Crippen molar-refractivity contribution in [1.82, 2.24) is 9.80 Å². The van der Waals surface area contributed by atoms with Crippen molar-refractivity contribution in [3.8, 4) is 0 Å². The molecule has 1 N–H and O–H groups in total. The summed E-state index contributed by atoms with van der Waals surface area (Å²) in [5.74, 6) is -0.0204. The van der Waals surface area contributed by atoms with Crippen molar-refractivity contribution in [2.24, 2.45) is 0 Å². The van der Waals surface area contributed by atoms with E-state index in [1.54, 1.807) is 6.07 Å². The summed E-state index contributed by atoms with van der Waals surface area (Å²) >= 11 is 0. The van der Waals surface area contributed by atoms with Gasteiger partial charge in [0.15, 0.2) is 5.78 Å². The van der Waals surface area contributed by atoms with Crippen molar-refractivity contribution in [3.05, 3.63) is 29.3 Å². The van der Waals surface area contributed by atoms with Gasteiger partial charge in [0, 0.05) is 44.4 Å². The van der Waals surface area contributed by atoms with Gasteiger partial charge in [0.25, 0.3) is 0 Å². The second-order valence-electron chi connectivity index (χ2n) is 5.71. The maximum atomic E-state index is 12.4. The minimum atomic E-state index is -0.123. The lowest BCUT2D eigenvalue weighted by Gasteiger charge is -2.31. The molecule has 1 amide bonds. The number of hydrogen-bond acceptors (Lipinski definition) is 4. The van der Waals surface area contributed by atoms with Gasteiger partial charge in [-0.1, -0.05) is 12.1 Å². The first-order valence-electron chi connectivity index (χ1n) is 7.28. The van der Waals surface area contributed by atoms with Crippen LogP contribution >= 0.6 is 0 Å². The molecule has 0 aromatic heterocycles. The molecular formula is C16H23N3O2. The molecule has 0 saturated carbocycles. The number of hydrogen-bond donors (Lipinski definition) is 1. The molecule has 1 fully saturated rings. The summed E-state index contributed by atoms with van der Waals surface area (Å²) in [6, 6.07) is 5.48. The first kappa shape index (κ1) is 15.7. The van der Waals surface area contributed by atoms with E-state index in [9.17, 15) is 9.59 Å². The first-order chi connectivity index (χ1) is 9.95. The SMILES string of the molecule is CC(=O)Nc1cc(C(=O)CN2CCN(C)CC2)ccc1C.